The first-order valence-electron chi connectivity index (χ1n) is 4.74. The highest BCUT2D eigenvalue weighted by atomic mass is 17.2. The second-order valence-corrected chi connectivity index (χ2v) is 4.03. The Kier molecular flexibility index (Phi) is 2.20. The largest absolute Gasteiger partial charge is 0.232 e. The summed E-state index contributed by atoms with van der Waals surface area (Å²) in [7, 11) is 0. The van der Waals surface area contributed by atoms with E-state index in [1.807, 2.05) is 0 Å². The third-order valence-corrected chi connectivity index (χ3v) is 2.92. The van der Waals surface area contributed by atoms with Gasteiger partial charge in [0.1, 0.15) is 12.7 Å². The molecule has 0 aromatic rings. The summed E-state index contributed by atoms with van der Waals surface area (Å²) in [5.74, 6) is 0.785. The Bertz CT molecular complexity index is 208. The van der Waals surface area contributed by atoms with Crippen LogP contribution in [0.4, 0.5) is 0 Å². The molecule has 12 heavy (non-hydrogen) atoms. The van der Waals surface area contributed by atoms with Gasteiger partial charge in [0.05, 0.1) is 0 Å². The van der Waals surface area contributed by atoms with Crippen LogP contribution in [0.3, 0.4) is 0 Å². The lowest BCUT2D eigenvalue weighted by molar-refractivity contribution is -0.323. The van der Waals surface area contributed by atoms with Gasteiger partial charge >= 0.3 is 0 Å². The minimum absolute atomic E-state index is 0.266. The van der Waals surface area contributed by atoms with Crippen molar-refractivity contribution in [3.63, 3.8) is 0 Å². The van der Waals surface area contributed by atoms with Crippen LogP contribution in [0.15, 0.2) is 11.1 Å². The second kappa shape index (κ2) is 3.19. The second-order valence-electron chi connectivity index (χ2n) is 4.03. The average Bonchev–Trinajstić information content (AvgIpc) is 2.04. The molecular formula is C10H16O2. The topological polar surface area (TPSA) is 18.5 Å². The van der Waals surface area contributed by atoms with Crippen LogP contribution in [0.25, 0.3) is 0 Å². The highest BCUT2D eigenvalue weighted by Gasteiger charge is 2.29. The SMILES string of the molecule is CC1=C2CC[C@@H](C)C[C@@H]2OOC1. The molecule has 0 bridgehead atoms. The van der Waals surface area contributed by atoms with E-state index in [4.69, 9.17) is 9.78 Å². The third kappa shape index (κ3) is 1.41. The van der Waals surface area contributed by atoms with E-state index in [-0.39, 0.29) is 6.10 Å². The van der Waals surface area contributed by atoms with Gasteiger partial charge in [-0.15, -0.1) is 0 Å². The van der Waals surface area contributed by atoms with Gasteiger partial charge in [0.2, 0.25) is 0 Å². The van der Waals surface area contributed by atoms with Crippen molar-refractivity contribution in [3.8, 4) is 0 Å². The highest BCUT2D eigenvalue weighted by molar-refractivity contribution is 5.20. The monoisotopic (exact) mass is 168 g/mol. The summed E-state index contributed by atoms with van der Waals surface area (Å²) >= 11 is 0. The first-order chi connectivity index (χ1) is 5.77. The lowest BCUT2D eigenvalue weighted by Gasteiger charge is -2.33. The lowest BCUT2D eigenvalue weighted by Crippen LogP contribution is -2.29. The van der Waals surface area contributed by atoms with E-state index < -0.39 is 0 Å². The Morgan fingerprint density at radius 3 is 3.08 bits per heavy atom. The summed E-state index contributed by atoms with van der Waals surface area (Å²) in [6.45, 7) is 5.10. The minimum atomic E-state index is 0.266. The molecule has 2 heteroatoms. The average molecular weight is 168 g/mol. The smallest absolute Gasteiger partial charge is 0.115 e. The van der Waals surface area contributed by atoms with Crippen LogP contribution < -0.4 is 0 Å². The van der Waals surface area contributed by atoms with E-state index >= 15 is 0 Å². The van der Waals surface area contributed by atoms with Gasteiger partial charge in [-0.25, -0.2) is 9.78 Å². The molecule has 0 aromatic heterocycles. The van der Waals surface area contributed by atoms with Crippen LogP contribution in [0.5, 0.6) is 0 Å². The van der Waals surface area contributed by atoms with Gasteiger partial charge in [0.25, 0.3) is 0 Å². The number of fused-ring (bicyclic) bond motifs is 1. The first kappa shape index (κ1) is 8.27. The van der Waals surface area contributed by atoms with E-state index in [1.165, 1.54) is 24.0 Å². The Morgan fingerprint density at radius 1 is 1.42 bits per heavy atom. The zero-order chi connectivity index (χ0) is 8.55. The van der Waals surface area contributed by atoms with E-state index in [2.05, 4.69) is 13.8 Å². The fourth-order valence-electron chi connectivity index (χ4n) is 2.07. The van der Waals surface area contributed by atoms with Gasteiger partial charge in [-0.3, -0.25) is 0 Å². The van der Waals surface area contributed by atoms with Gasteiger partial charge in [0, 0.05) is 0 Å². The summed E-state index contributed by atoms with van der Waals surface area (Å²) in [5.41, 5.74) is 2.89. The van der Waals surface area contributed by atoms with Crippen LogP contribution in [0.2, 0.25) is 0 Å². The molecule has 0 N–H and O–H groups in total. The Balaban J connectivity index is 2.16. The first-order valence-corrected chi connectivity index (χ1v) is 4.74. The highest BCUT2D eigenvalue weighted by Crippen LogP contribution is 2.34. The van der Waals surface area contributed by atoms with E-state index in [0.29, 0.717) is 6.61 Å². The van der Waals surface area contributed by atoms with Crippen LogP contribution in [0.1, 0.15) is 33.1 Å². The maximum atomic E-state index is 5.26. The molecule has 2 aliphatic rings. The van der Waals surface area contributed by atoms with Crippen molar-refractivity contribution in [2.75, 3.05) is 6.61 Å². The van der Waals surface area contributed by atoms with Crippen molar-refractivity contribution in [2.24, 2.45) is 5.92 Å². The lowest BCUT2D eigenvalue weighted by atomic mass is 9.82. The molecular weight excluding hydrogens is 152 g/mol. The Labute approximate surface area is 73.5 Å². The molecule has 0 unspecified atom stereocenters. The summed E-state index contributed by atoms with van der Waals surface area (Å²) in [5, 5.41) is 0. The fraction of sp³-hybridized carbons (Fsp3) is 0.800. The molecule has 0 radical (unpaired) electrons. The van der Waals surface area contributed by atoms with Crippen LogP contribution in [0, 0.1) is 5.92 Å². The quantitative estimate of drug-likeness (QED) is 0.408. The molecule has 0 saturated heterocycles. The van der Waals surface area contributed by atoms with E-state index in [1.54, 1.807) is 0 Å². The number of hydrogen-bond acceptors (Lipinski definition) is 2. The molecule has 2 rings (SSSR count). The van der Waals surface area contributed by atoms with E-state index in [9.17, 15) is 0 Å². The Hall–Kier alpha value is -0.340. The molecule has 1 saturated carbocycles. The number of rotatable bonds is 0. The zero-order valence-corrected chi connectivity index (χ0v) is 7.80. The zero-order valence-electron chi connectivity index (χ0n) is 7.80. The maximum Gasteiger partial charge on any atom is 0.115 e. The standard InChI is InChI=1S/C10H16O2/c1-7-3-4-9-8(2)6-11-12-10(9)5-7/h7,10H,3-6H2,1-2H3/t7-,10+/m1/s1. The van der Waals surface area contributed by atoms with Gasteiger partial charge in [-0.2, -0.15) is 0 Å². The molecule has 1 heterocycles. The molecule has 1 aliphatic heterocycles. The normalized spacial score (nSPS) is 36.5. The maximum absolute atomic E-state index is 5.26. The Morgan fingerprint density at radius 2 is 2.25 bits per heavy atom. The minimum Gasteiger partial charge on any atom is -0.232 e. The molecule has 0 aromatic carbocycles. The summed E-state index contributed by atoms with van der Waals surface area (Å²) in [6.07, 6.45) is 3.92. The van der Waals surface area contributed by atoms with E-state index in [0.717, 1.165) is 12.3 Å². The summed E-state index contributed by atoms with van der Waals surface area (Å²) < 4.78 is 0. The van der Waals surface area contributed by atoms with Crippen LogP contribution >= 0.6 is 0 Å². The van der Waals surface area contributed by atoms with Crippen molar-refractivity contribution >= 4 is 0 Å². The fourth-order valence-corrected chi connectivity index (χ4v) is 2.07. The molecule has 0 amide bonds. The van der Waals surface area contributed by atoms with Crippen LogP contribution in [-0.4, -0.2) is 12.7 Å². The number of hydrogen-bond donors (Lipinski definition) is 0. The summed E-state index contributed by atoms with van der Waals surface area (Å²) in [6, 6.07) is 0. The molecule has 68 valence electrons. The molecule has 2 atom stereocenters. The van der Waals surface area contributed by atoms with Crippen LogP contribution in [-0.2, 0) is 9.78 Å². The third-order valence-electron chi connectivity index (χ3n) is 2.92. The van der Waals surface area contributed by atoms with Gasteiger partial charge in [-0.1, -0.05) is 6.92 Å². The molecule has 1 aliphatic carbocycles. The van der Waals surface area contributed by atoms with Gasteiger partial charge in [0.15, 0.2) is 0 Å². The van der Waals surface area contributed by atoms with Crippen molar-refractivity contribution in [1.29, 1.82) is 0 Å². The molecule has 1 fully saturated rings. The summed E-state index contributed by atoms with van der Waals surface area (Å²) in [4.78, 5) is 10.3. The van der Waals surface area contributed by atoms with Gasteiger partial charge in [-0.05, 0) is 43.3 Å². The molecule has 2 nitrogen and oxygen atoms in total. The van der Waals surface area contributed by atoms with Crippen molar-refractivity contribution in [1.82, 2.24) is 0 Å². The molecule has 0 spiro atoms. The predicted molar refractivity (Wildman–Crippen MR) is 46.5 cm³/mol. The van der Waals surface area contributed by atoms with Crippen molar-refractivity contribution in [2.45, 2.75) is 39.2 Å². The van der Waals surface area contributed by atoms with Crippen molar-refractivity contribution < 1.29 is 9.78 Å². The predicted octanol–water partition coefficient (Wildman–Crippen LogP) is 2.45. The van der Waals surface area contributed by atoms with Gasteiger partial charge < -0.3 is 0 Å². The van der Waals surface area contributed by atoms with Crippen molar-refractivity contribution in [3.05, 3.63) is 11.1 Å².